The van der Waals surface area contributed by atoms with E-state index in [-0.39, 0.29) is 34.3 Å². The maximum absolute atomic E-state index is 14.1. The summed E-state index contributed by atoms with van der Waals surface area (Å²) in [6.07, 6.45) is 2.17. The summed E-state index contributed by atoms with van der Waals surface area (Å²) in [5.41, 5.74) is -0.612. The first-order chi connectivity index (χ1) is 23.9. The van der Waals surface area contributed by atoms with Gasteiger partial charge in [-0.25, -0.2) is 19.1 Å². The van der Waals surface area contributed by atoms with Crippen LogP contribution in [0.1, 0.15) is 40.2 Å². The Bertz CT molecular complexity index is 2170. The molecule has 4 aromatic heterocycles. The van der Waals surface area contributed by atoms with Gasteiger partial charge >= 0.3 is 13.6 Å². The average molecular weight is 803 g/mol. The Labute approximate surface area is 304 Å². The molecule has 3 aliphatic heterocycles. The molecule has 278 valence electrons. The number of hydrogen-bond acceptors (Lipinski definition) is 13. The molecule has 3 saturated heterocycles. The molecule has 7 rings (SSSR count). The molecule has 0 spiro atoms. The normalized spacial score (nSPS) is 35.4. The summed E-state index contributed by atoms with van der Waals surface area (Å²) >= 11 is 8.72. The zero-order valence-electron chi connectivity index (χ0n) is 28.6. The van der Waals surface area contributed by atoms with Crippen molar-refractivity contribution >= 4 is 58.0 Å². The second kappa shape index (κ2) is 13.4. The van der Waals surface area contributed by atoms with E-state index in [4.69, 9.17) is 32.0 Å². The van der Waals surface area contributed by atoms with Crippen molar-refractivity contribution in [3.8, 4) is 0 Å². The SMILES string of the molecule is C[C@H]1[C@H]2OP(=O)(S)OC[C@H]3O[C@@H](n4ccc(=O)n5ccnc45)[C@H](O[Si](C)(C)C(C)(C)C)[C@@H]3OP(=O)(S)OC[C@H]1O[C@H]2n1ccc(=O)n2ccnc12. The van der Waals surface area contributed by atoms with Crippen molar-refractivity contribution in [2.24, 2.45) is 5.92 Å². The number of thiol groups is 2. The summed E-state index contributed by atoms with van der Waals surface area (Å²) in [5, 5.41) is -0.269. The molecule has 2 bridgehead atoms. The molecule has 0 aliphatic carbocycles. The predicted octanol–water partition coefficient (Wildman–Crippen LogP) is 4.72. The number of rotatable bonds is 4. The van der Waals surface area contributed by atoms with Crippen molar-refractivity contribution in [2.45, 2.75) is 88.8 Å². The van der Waals surface area contributed by atoms with Gasteiger partial charge in [0.05, 0.1) is 19.3 Å². The fourth-order valence-corrected chi connectivity index (χ4v) is 10.5. The third kappa shape index (κ3) is 7.03. The molecule has 22 heteroatoms. The number of aromatic nitrogens is 6. The zero-order chi connectivity index (χ0) is 36.7. The van der Waals surface area contributed by atoms with E-state index in [2.05, 4.69) is 55.2 Å². The first-order valence-electron chi connectivity index (χ1n) is 16.2. The van der Waals surface area contributed by atoms with E-state index in [1.807, 2.05) is 13.1 Å². The van der Waals surface area contributed by atoms with Crippen LogP contribution in [-0.4, -0.2) is 80.0 Å². The van der Waals surface area contributed by atoms with Crippen molar-refractivity contribution in [2.75, 3.05) is 13.2 Å². The predicted molar refractivity (Wildman–Crippen MR) is 193 cm³/mol. The topological polar surface area (TPSA) is 177 Å². The van der Waals surface area contributed by atoms with E-state index in [0.29, 0.717) is 0 Å². The van der Waals surface area contributed by atoms with Crippen LogP contribution in [0.25, 0.3) is 11.6 Å². The highest BCUT2D eigenvalue weighted by atomic mass is 32.7. The number of hydrogen-bond donors (Lipinski definition) is 2. The molecule has 51 heavy (non-hydrogen) atoms. The lowest BCUT2D eigenvalue weighted by Gasteiger charge is -2.41. The molecular weight excluding hydrogens is 763 g/mol. The zero-order valence-corrected chi connectivity index (χ0v) is 33.2. The van der Waals surface area contributed by atoms with E-state index < -0.39 is 77.4 Å². The molecule has 0 aromatic carbocycles. The van der Waals surface area contributed by atoms with Gasteiger partial charge in [-0.3, -0.25) is 45.6 Å². The minimum atomic E-state index is -4.21. The summed E-state index contributed by atoms with van der Waals surface area (Å²) in [6, 6.07) is 2.70. The van der Waals surface area contributed by atoms with E-state index >= 15 is 0 Å². The molecule has 7 heterocycles. The van der Waals surface area contributed by atoms with E-state index in [0.717, 1.165) is 0 Å². The maximum Gasteiger partial charge on any atom is 0.386 e. The highest BCUT2D eigenvalue weighted by Crippen LogP contribution is 2.61. The maximum atomic E-state index is 14.1. The van der Waals surface area contributed by atoms with Crippen LogP contribution in [-0.2, 0) is 41.1 Å². The lowest BCUT2D eigenvalue weighted by molar-refractivity contribution is -0.0573. The molecule has 0 amide bonds. The van der Waals surface area contributed by atoms with Gasteiger partial charge in [-0.05, 0) is 18.1 Å². The third-order valence-corrected chi connectivity index (χ3v) is 17.7. The van der Waals surface area contributed by atoms with Crippen LogP contribution in [0.4, 0.5) is 0 Å². The summed E-state index contributed by atoms with van der Waals surface area (Å²) in [7, 11) is -2.62. The third-order valence-electron chi connectivity index (χ3n) is 10.0. The van der Waals surface area contributed by atoms with Gasteiger partial charge in [-0.15, -0.1) is 0 Å². The monoisotopic (exact) mass is 802 g/mol. The Morgan fingerprint density at radius 2 is 1.29 bits per heavy atom. The molecule has 10 atom stereocenters. The molecule has 0 N–H and O–H groups in total. The smallest absolute Gasteiger partial charge is 0.386 e. The van der Waals surface area contributed by atoms with E-state index in [1.165, 1.54) is 58.1 Å². The largest absolute Gasteiger partial charge is 0.407 e. The summed E-state index contributed by atoms with van der Waals surface area (Å²) in [6.45, 7) is 3.01. The molecular formula is C29H40N6O11P2S2Si. The van der Waals surface area contributed by atoms with Gasteiger partial charge in [0.2, 0.25) is 11.6 Å². The van der Waals surface area contributed by atoms with Crippen molar-refractivity contribution in [3.63, 3.8) is 0 Å². The first-order valence-corrected chi connectivity index (χ1v) is 24.5. The molecule has 0 radical (unpaired) electrons. The van der Waals surface area contributed by atoms with Gasteiger partial charge < -0.3 is 13.9 Å². The summed E-state index contributed by atoms with van der Waals surface area (Å²) in [5.74, 6) is 0.00126. The lowest BCUT2D eigenvalue weighted by Crippen LogP contribution is -2.49. The Morgan fingerprint density at radius 1 is 0.804 bits per heavy atom. The fraction of sp³-hybridized carbons (Fsp3) is 0.586. The van der Waals surface area contributed by atoms with Crippen LogP contribution >= 0.6 is 38.1 Å². The highest BCUT2D eigenvalue weighted by Gasteiger charge is 2.55. The van der Waals surface area contributed by atoms with Crippen LogP contribution in [0.5, 0.6) is 0 Å². The van der Waals surface area contributed by atoms with E-state index in [9.17, 15) is 18.7 Å². The van der Waals surface area contributed by atoms with Gasteiger partial charge in [-0.2, -0.15) is 0 Å². The van der Waals surface area contributed by atoms with Crippen molar-refractivity contribution < 1.29 is 41.1 Å². The number of ether oxygens (including phenoxy) is 2. The molecule has 0 saturated carbocycles. The van der Waals surface area contributed by atoms with Crippen molar-refractivity contribution in [1.29, 1.82) is 0 Å². The molecule has 3 fully saturated rings. The Kier molecular flexibility index (Phi) is 9.75. The minimum Gasteiger partial charge on any atom is -0.407 e. The number of nitrogens with zero attached hydrogens (tertiary/aromatic N) is 6. The van der Waals surface area contributed by atoms with Gasteiger partial charge in [0.1, 0.15) is 24.4 Å². The lowest BCUT2D eigenvalue weighted by atomic mass is 10.0. The van der Waals surface area contributed by atoms with Gasteiger partial charge in [0, 0.05) is 55.2 Å². The number of imidazole rings is 2. The van der Waals surface area contributed by atoms with Crippen LogP contribution in [0.2, 0.25) is 18.1 Å². The minimum absolute atomic E-state index is 0.254. The summed E-state index contributed by atoms with van der Waals surface area (Å²) in [4.78, 5) is 33.8. The van der Waals surface area contributed by atoms with Gasteiger partial charge in [0.15, 0.2) is 20.8 Å². The Morgan fingerprint density at radius 3 is 1.84 bits per heavy atom. The van der Waals surface area contributed by atoms with Crippen molar-refractivity contribution in [3.05, 3.63) is 70.0 Å². The highest BCUT2D eigenvalue weighted by molar-refractivity contribution is 8.44. The van der Waals surface area contributed by atoms with Crippen molar-refractivity contribution in [1.82, 2.24) is 27.9 Å². The van der Waals surface area contributed by atoms with Gasteiger partial charge in [-0.1, -0.05) is 52.2 Å². The quantitative estimate of drug-likeness (QED) is 0.165. The van der Waals surface area contributed by atoms with Crippen LogP contribution in [0.3, 0.4) is 0 Å². The second-order valence-electron chi connectivity index (χ2n) is 14.3. The first kappa shape index (κ1) is 37.3. The second-order valence-corrected chi connectivity index (χ2v) is 24.8. The summed E-state index contributed by atoms with van der Waals surface area (Å²) < 4.78 is 78.0. The Balaban J connectivity index is 1.27. The van der Waals surface area contributed by atoms with Crippen LogP contribution in [0, 0.1) is 5.92 Å². The van der Waals surface area contributed by atoms with Crippen LogP contribution in [0.15, 0.2) is 58.9 Å². The molecule has 3 aliphatic rings. The molecule has 2 unspecified atom stereocenters. The standard InChI is InChI=1S/C29H40N6O11P2S2Si/c1-17-18-15-40-48(39,50)45-23-19(16-41-47(38,49)44-22(17)25(42-18)34-11-7-20(36)32-13-9-30-27(32)34)43-26(24(23)46-51(5,6)29(2,3)4)35-12-8-21(37)33-14-10-31-28(33)35/h7-14,17-19,22-26H,15-16H2,1-6H3,(H,38,49)(H,39,50)/t17-,18-,19-,22-,23-,24-,25-,26-,47?,48?/m1/s1. The Hall–Kier alpha value is -2.06. The number of fused-ring (bicyclic) bond motifs is 5. The van der Waals surface area contributed by atoms with Crippen LogP contribution < -0.4 is 11.1 Å². The van der Waals surface area contributed by atoms with E-state index in [1.54, 1.807) is 16.1 Å². The molecule has 4 aromatic rings. The fourth-order valence-electron chi connectivity index (χ4n) is 6.25. The van der Waals surface area contributed by atoms with Gasteiger partial charge in [0.25, 0.3) is 11.1 Å². The molecule has 17 nitrogen and oxygen atoms in total. The average Bonchev–Trinajstić information content (AvgIpc) is 3.84.